The highest BCUT2D eigenvalue weighted by Crippen LogP contribution is 2.08. The van der Waals surface area contributed by atoms with Crippen LogP contribution in [0.3, 0.4) is 0 Å². The Morgan fingerprint density at radius 1 is 1.39 bits per heavy atom. The third-order valence-electron chi connectivity index (χ3n) is 3.75. The first-order chi connectivity index (χ1) is 11.2. The molecule has 1 saturated heterocycles. The SMILES string of the molecule is Cc1ccc(/C=C/C(=O)N(CCC#N)CCN2CCOCC2)o1. The fraction of sp³-hybridized carbons (Fsp3) is 0.529. The van der Waals surface area contributed by atoms with Crippen molar-refractivity contribution >= 4 is 12.0 Å². The molecule has 0 unspecified atom stereocenters. The van der Waals surface area contributed by atoms with Gasteiger partial charge in [0, 0.05) is 38.8 Å². The molecule has 0 spiro atoms. The van der Waals surface area contributed by atoms with Crippen LogP contribution in [0, 0.1) is 18.3 Å². The van der Waals surface area contributed by atoms with E-state index >= 15 is 0 Å². The van der Waals surface area contributed by atoms with Gasteiger partial charge in [-0.15, -0.1) is 0 Å². The van der Waals surface area contributed by atoms with E-state index in [1.165, 1.54) is 6.08 Å². The van der Waals surface area contributed by atoms with Crippen LogP contribution in [0.2, 0.25) is 0 Å². The van der Waals surface area contributed by atoms with Gasteiger partial charge in [0.05, 0.1) is 25.7 Å². The van der Waals surface area contributed by atoms with Crippen molar-refractivity contribution in [3.63, 3.8) is 0 Å². The summed E-state index contributed by atoms with van der Waals surface area (Å²) in [6.45, 7) is 6.98. The van der Waals surface area contributed by atoms with Crippen molar-refractivity contribution in [1.29, 1.82) is 5.26 Å². The second-order valence-electron chi connectivity index (χ2n) is 5.47. The third-order valence-corrected chi connectivity index (χ3v) is 3.75. The maximum absolute atomic E-state index is 12.3. The molecule has 2 rings (SSSR count). The molecule has 1 fully saturated rings. The molecule has 0 N–H and O–H groups in total. The Balaban J connectivity index is 1.88. The fourth-order valence-electron chi connectivity index (χ4n) is 2.41. The van der Waals surface area contributed by atoms with Gasteiger partial charge in [-0.1, -0.05) is 0 Å². The van der Waals surface area contributed by atoms with E-state index in [1.54, 1.807) is 11.0 Å². The average Bonchev–Trinajstić information content (AvgIpc) is 2.99. The van der Waals surface area contributed by atoms with Gasteiger partial charge >= 0.3 is 0 Å². The summed E-state index contributed by atoms with van der Waals surface area (Å²) < 4.78 is 10.7. The number of rotatable bonds is 7. The molecule has 1 aliphatic heterocycles. The summed E-state index contributed by atoms with van der Waals surface area (Å²) in [5.74, 6) is 1.37. The Morgan fingerprint density at radius 2 is 2.17 bits per heavy atom. The summed E-state index contributed by atoms with van der Waals surface area (Å²) in [5.41, 5.74) is 0. The predicted molar refractivity (Wildman–Crippen MR) is 86.5 cm³/mol. The van der Waals surface area contributed by atoms with Gasteiger partial charge in [0.2, 0.25) is 5.91 Å². The van der Waals surface area contributed by atoms with Crippen LogP contribution in [0.4, 0.5) is 0 Å². The van der Waals surface area contributed by atoms with E-state index in [0.717, 1.165) is 38.6 Å². The molecule has 0 aliphatic carbocycles. The molecule has 124 valence electrons. The van der Waals surface area contributed by atoms with Crippen LogP contribution in [0.15, 0.2) is 22.6 Å². The number of carbonyl (C=O) groups excluding carboxylic acids is 1. The van der Waals surface area contributed by atoms with E-state index in [2.05, 4.69) is 11.0 Å². The summed E-state index contributed by atoms with van der Waals surface area (Å²) in [4.78, 5) is 16.3. The first kappa shape index (κ1) is 17.3. The molecule has 6 heteroatoms. The van der Waals surface area contributed by atoms with Crippen LogP contribution in [0.1, 0.15) is 17.9 Å². The van der Waals surface area contributed by atoms with Gasteiger partial charge in [-0.25, -0.2) is 0 Å². The molecule has 6 nitrogen and oxygen atoms in total. The number of ether oxygens (including phenoxy) is 1. The monoisotopic (exact) mass is 317 g/mol. The minimum Gasteiger partial charge on any atom is -0.462 e. The molecule has 0 atom stereocenters. The average molecular weight is 317 g/mol. The lowest BCUT2D eigenvalue weighted by Crippen LogP contribution is -2.43. The zero-order valence-corrected chi connectivity index (χ0v) is 13.5. The van der Waals surface area contributed by atoms with Crippen LogP contribution < -0.4 is 0 Å². The maximum Gasteiger partial charge on any atom is 0.246 e. The Morgan fingerprint density at radius 3 is 2.83 bits per heavy atom. The number of amides is 1. The van der Waals surface area contributed by atoms with Gasteiger partial charge in [-0.05, 0) is 25.1 Å². The molecule has 1 amide bonds. The van der Waals surface area contributed by atoms with Crippen molar-refractivity contribution in [2.75, 3.05) is 45.9 Å². The van der Waals surface area contributed by atoms with Gasteiger partial charge < -0.3 is 14.1 Å². The van der Waals surface area contributed by atoms with Crippen molar-refractivity contribution < 1.29 is 13.9 Å². The quantitative estimate of drug-likeness (QED) is 0.716. The Hall–Kier alpha value is -2.10. The number of nitriles is 1. The number of aryl methyl sites for hydroxylation is 1. The molecule has 23 heavy (non-hydrogen) atoms. The predicted octanol–water partition coefficient (Wildman–Crippen LogP) is 1.68. The maximum atomic E-state index is 12.3. The molecule has 0 bridgehead atoms. The van der Waals surface area contributed by atoms with Crippen LogP contribution in [-0.4, -0.2) is 61.6 Å². The molecular formula is C17H23N3O3. The van der Waals surface area contributed by atoms with Crippen molar-refractivity contribution in [2.24, 2.45) is 0 Å². The summed E-state index contributed by atoms with van der Waals surface area (Å²) in [7, 11) is 0. The van der Waals surface area contributed by atoms with Gasteiger partial charge in [-0.3, -0.25) is 9.69 Å². The second-order valence-corrected chi connectivity index (χ2v) is 5.47. The standard InChI is InChI=1S/C17H23N3O3/c1-15-3-4-16(23-15)5-6-17(21)20(8-2-7-18)10-9-19-11-13-22-14-12-19/h3-6H,2,8-14H2,1H3/b6-5+. The van der Waals surface area contributed by atoms with Gasteiger partial charge in [0.25, 0.3) is 0 Å². The lowest BCUT2D eigenvalue weighted by molar-refractivity contribution is -0.126. The summed E-state index contributed by atoms with van der Waals surface area (Å²) in [6, 6.07) is 5.78. The van der Waals surface area contributed by atoms with Crippen LogP contribution >= 0.6 is 0 Å². The van der Waals surface area contributed by atoms with E-state index in [9.17, 15) is 4.79 Å². The molecule has 0 saturated carbocycles. The highest BCUT2D eigenvalue weighted by molar-refractivity contribution is 5.91. The number of nitrogens with zero attached hydrogens (tertiary/aromatic N) is 3. The number of hydrogen-bond donors (Lipinski definition) is 0. The fourth-order valence-corrected chi connectivity index (χ4v) is 2.41. The molecule has 1 aliphatic rings. The normalized spacial score (nSPS) is 15.7. The Labute approximate surface area is 136 Å². The van der Waals surface area contributed by atoms with Gasteiger partial charge in [-0.2, -0.15) is 5.26 Å². The number of carbonyl (C=O) groups is 1. The number of hydrogen-bond acceptors (Lipinski definition) is 5. The van der Waals surface area contributed by atoms with Crippen LogP contribution in [-0.2, 0) is 9.53 Å². The minimum absolute atomic E-state index is 0.0948. The van der Waals surface area contributed by atoms with Crippen molar-refractivity contribution in [1.82, 2.24) is 9.80 Å². The van der Waals surface area contributed by atoms with E-state index in [-0.39, 0.29) is 5.91 Å². The molecule has 0 radical (unpaired) electrons. The summed E-state index contributed by atoms with van der Waals surface area (Å²) >= 11 is 0. The zero-order chi connectivity index (χ0) is 16.5. The van der Waals surface area contributed by atoms with E-state index in [4.69, 9.17) is 14.4 Å². The van der Waals surface area contributed by atoms with Gasteiger partial charge in [0.1, 0.15) is 11.5 Å². The first-order valence-electron chi connectivity index (χ1n) is 7.89. The molecule has 2 heterocycles. The first-order valence-corrected chi connectivity index (χ1v) is 7.89. The number of furan rings is 1. The van der Waals surface area contributed by atoms with E-state index < -0.39 is 0 Å². The van der Waals surface area contributed by atoms with Crippen molar-refractivity contribution in [3.05, 3.63) is 29.7 Å². The summed E-state index contributed by atoms with van der Waals surface area (Å²) in [5, 5.41) is 8.78. The van der Waals surface area contributed by atoms with Gasteiger partial charge in [0.15, 0.2) is 0 Å². The Kier molecular flexibility index (Phi) is 6.85. The summed E-state index contributed by atoms with van der Waals surface area (Å²) in [6.07, 6.45) is 3.51. The van der Waals surface area contributed by atoms with Crippen LogP contribution in [0.25, 0.3) is 6.08 Å². The minimum atomic E-state index is -0.0948. The third kappa shape index (κ3) is 5.89. The molecule has 1 aromatic rings. The Bertz CT molecular complexity index is 568. The number of morpholine rings is 1. The van der Waals surface area contributed by atoms with Crippen molar-refractivity contribution in [3.8, 4) is 6.07 Å². The van der Waals surface area contributed by atoms with E-state index in [0.29, 0.717) is 25.3 Å². The zero-order valence-electron chi connectivity index (χ0n) is 13.5. The smallest absolute Gasteiger partial charge is 0.246 e. The highest BCUT2D eigenvalue weighted by atomic mass is 16.5. The molecule has 0 aromatic carbocycles. The largest absolute Gasteiger partial charge is 0.462 e. The molecular weight excluding hydrogens is 294 g/mol. The lowest BCUT2D eigenvalue weighted by atomic mass is 10.3. The second kappa shape index (κ2) is 9.13. The topological polar surface area (TPSA) is 69.7 Å². The van der Waals surface area contributed by atoms with Crippen LogP contribution in [0.5, 0.6) is 0 Å². The van der Waals surface area contributed by atoms with Crippen molar-refractivity contribution in [2.45, 2.75) is 13.3 Å². The van der Waals surface area contributed by atoms with E-state index in [1.807, 2.05) is 19.1 Å². The lowest BCUT2D eigenvalue weighted by Gasteiger charge is -2.29. The molecule has 1 aromatic heterocycles. The highest BCUT2D eigenvalue weighted by Gasteiger charge is 2.15.